The van der Waals surface area contributed by atoms with Crippen molar-refractivity contribution in [3.63, 3.8) is 0 Å². The van der Waals surface area contributed by atoms with Crippen molar-refractivity contribution in [3.05, 3.63) is 18.2 Å². The predicted molar refractivity (Wildman–Crippen MR) is 45.7 cm³/mol. The van der Waals surface area contributed by atoms with Crippen LogP contribution in [-0.2, 0) is 16.1 Å². The highest BCUT2D eigenvalue weighted by Gasteiger charge is 2.04. The van der Waals surface area contributed by atoms with Gasteiger partial charge in [-0.1, -0.05) is 0 Å². The zero-order chi connectivity index (χ0) is 9.68. The Hall–Kier alpha value is -1.65. The molecule has 5 nitrogen and oxygen atoms in total. The molecule has 13 heavy (non-hydrogen) atoms. The van der Waals surface area contributed by atoms with Crippen molar-refractivity contribution in [2.75, 3.05) is 0 Å². The standard InChI is InChI=1S/C8H11N3O2/c1-6(12)2-8(13)10-4-7-3-9-5-11-7/h3,5H,2,4H2,1H3,(H,9,11)(H,10,13). The van der Waals surface area contributed by atoms with E-state index in [0.29, 0.717) is 6.54 Å². The van der Waals surface area contributed by atoms with Gasteiger partial charge in [0.1, 0.15) is 5.78 Å². The third kappa shape index (κ3) is 3.50. The Kier molecular flexibility index (Phi) is 3.19. The van der Waals surface area contributed by atoms with Crippen molar-refractivity contribution in [2.24, 2.45) is 0 Å². The van der Waals surface area contributed by atoms with E-state index in [9.17, 15) is 9.59 Å². The van der Waals surface area contributed by atoms with Crippen LogP contribution in [0.3, 0.4) is 0 Å². The van der Waals surface area contributed by atoms with Crippen molar-refractivity contribution in [2.45, 2.75) is 19.9 Å². The quantitative estimate of drug-likeness (QED) is 0.642. The Balaban J connectivity index is 2.27. The molecule has 0 aliphatic heterocycles. The highest BCUT2D eigenvalue weighted by atomic mass is 16.2. The van der Waals surface area contributed by atoms with Gasteiger partial charge in [-0.25, -0.2) is 4.98 Å². The lowest BCUT2D eigenvalue weighted by molar-refractivity contribution is -0.127. The van der Waals surface area contributed by atoms with E-state index in [1.54, 1.807) is 6.20 Å². The van der Waals surface area contributed by atoms with E-state index >= 15 is 0 Å². The molecular formula is C8H11N3O2. The maximum atomic E-state index is 11.0. The molecule has 70 valence electrons. The Labute approximate surface area is 75.6 Å². The molecular weight excluding hydrogens is 170 g/mol. The summed E-state index contributed by atoms with van der Waals surface area (Å²) >= 11 is 0. The molecule has 1 rings (SSSR count). The largest absolute Gasteiger partial charge is 0.350 e. The number of aromatic nitrogens is 2. The zero-order valence-electron chi connectivity index (χ0n) is 7.33. The van der Waals surface area contributed by atoms with E-state index in [1.165, 1.54) is 13.3 Å². The molecule has 5 heteroatoms. The van der Waals surface area contributed by atoms with Gasteiger partial charge < -0.3 is 10.3 Å². The number of hydrogen-bond donors (Lipinski definition) is 2. The van der Waals surface area contributed by atoms with Crippen LogP contribution in [0, 0.1) is 0 Å². The summed E-state index contributed by atoms with van der Waals surface area (Å²) in [6, 6.07) is 0. The lowest BCUT2D eigenvalue weighted by Crippen LogP contribution is -2.24. The molecule has 0 unspecified atom stereocenters. The first-order valence-electron chi connectivity index (χ1n) is 3.92. The van der Waals surface area contributed by atoms with E-state index in [4.69, 9.17) is 0 Å². The first-order chi connectivity index (χ1) is 6.18. The zero-order valence-corrected chi connectivity index (χ0v) is 7.33. The van der Waals surface area contributed by atoms with Gasteiger partial charge in [-0.15, -0.1) is 0 Å². The first kappa shape index (κ1) is 9.44. The number of imidazole rings is 1. The minimum Gasteiger partial charge on any atom is -0.350 e. The molecule has 1 aromatic heterocycles. The fourth-order valence-electron chi connectivity index (χ4n) is 0.864. The summed E-state index contributed by atoms with van der Waals surface area (Å²) in [5, 5.41) is 2.59. The number of aromatic amines is 1. The molecule has 0 saturated heterocycles. The van der Waals surface area contributed by atoms with E-state index in [1.807, 2.05) is 0 Å². The molecule has 0 radical (unpaired) electrons. The highest BCUT2D eigenvalue weighted by molar-refractivity contribution is 5.96. The van der Waals surface area contributed by atoms with E-state index < -0.39 is 0 Å². The van der Waals surface area contributed by atoms with Crippen LogP contribution in [-0.4, -0.2) is 21.7 Å². The molecule has 0 bridgehead atoms. The van der Waals surface area contributed by atoms with Crippen LogP contribution in [0.4, 0.5) is 0 Å². The molecule has 1 aromatic rings. The average molecular weight is 181 g/mol. The summed E-state index contributed by atoms with van der Waals surface area (Å²) in [7, 11) is 0. The van der Waals surface area contributed by atoms with Gasteiger partial charge in [0, 0.05) is 6.20 Å². The van der Waals surface area contributed by atoms with Crippen molar-refractivity contribution in [1.29, 1.82) is 0 Å². The van der Waals surface area contributed by atoms with E-state index in [0.717, 1.165) is 5.69 Å². The van der Waals surface area contributed by atoms with Crippen LogP contribution < -0.4 is 5.32 Å². The number of rotatable bonds is 4. The van der Waals surface area contributed by atoms with Gasteiger partial charge >= 0.3 is 0 Å². The summed E-state index contributed by atoms with van der Waals surface area (Å²) in [4.78, 5) is 28.1. The van der Waals surface area contributed by atoms with Crippen molar-refractivity contribution >= 4 is 11.7 Å². The normalized spacial score (nSPS) is 9.62. The summed E-state index contributed by atoms with van der Waals surface area (Å²) in [5.41, 5.74) is 0.817. The molecule has 1 heterocycles. The van der Waals surface area contributed by atoms with Gasteiger partial charge in [-0.2, -0.15) is 0 Å². The van der Waals surface area contributed by atoms with Crippen LogP contribution in [0.5, 0.6) is 0 Å². The molecule has 0 aromatic carbocycles. The summed E-state index contributed by atoms with van der Waals surface area (Å²) in [6.07, 6.45) is 3.09. The summed E-state index contributed by atoms with van der Waals surface area (Å²) < 4.78 is 0. The van der Waals surface area contributed by atoms with Gasteiger partial charge in [-0.3, -0.25) is 9.59 Å². The van der Waals surface area contributed by atoms with E-state index in [2.05, 4.69) is 15.3 Å². The van der Waals surface area contributed by atoms with Gasteiger partial charge in [0.15, 0.2) is 0 Å². The topological polar surface area (TPSA) is 74.8 Å². The number of nitrogens with zero attached hydrogens (tertiary/aromatic N) is 1. The van der Waals surface area contributed by atoms with Gasteiger partial charge in [0.2, 0.25) is 5.91 Å². The van der Waals surface area contributed by atoms with Crippen LogP contribution in [0.1, 0.15) is 19.0 Å². The Morgan fingerprint density at radius 2 is 2.38 bits per heavy atom. The van der Waals surface area contributed by atoms with Crippen LogP contribution in [0.2, 0.25) is 0 Å². The maximum Gasteiger partial charge on any atom is 0.227 e. The number of carbonyl (C=O) groups excluding carboxylic acids is 2. The van der Waals surface area contributed by atoms with Crippen LogP contribution in [0.25, 0.3) is 0 Å². The highest BCUT2D eigenvalue weighted by Crippen LogP contribution is 1.90. The Bertz CT molecular complexity index is 292. The fraction of sp³-hybridized carbons (Fsp3) is 0.375. The number of ketones is 1. The molecule has 0 aliphatic carbocycles. The Morgan fingerprint density at radius 3 is 2.92 bits per heavy atom. The van der Waals surface area contributed by atoms with Crippen LogP contribution in [0.15, 0.2) is 12.5 Å². The SMILES string of the molecule is CC(=O)CC(=O)NCc1cnc[nH]1. The molecule has 1 amide bonds. The summed E-state index contributed by atoms with van der Waals surface area (Å²) in [5.74, 6) is -0.399. The fourth-order valence-corrected chi connectivity index (χ4v) is 0.864. The van der Waals surface area contributed by atoms with Gasteiger partial charge in [0.25, 0.3) is 0 Å². The van der Waals surface area contributed by atoms with E-state index in [-0.39, 0.29) is 18.1 Å². The van der Waals surface area contributed by atoms with Crippen LogP contribution >= 0.6 is 0 Å². The van der Waals surface area contributed by atoms with Gasteiger partial charge in [0.05, 0.1) is 25.0 Å². The lowest BCUT2D eigenvalue weighted by Gasteiger charge is -2.00. The number of carbonyl (C=O) groups is 2. The summed E-state index contributed by atoms with van der Waals surface area (Å²) in [6.45, 7) is 1.77. The second-order valence-electron chi connectivity index (χ2n) is 2.73. The average Bonchev–Trinajstić information content (AvgIpc) is 2.51. The predicted octanol–water partition coefficient (Wildman–Crippen LogP) is 0.00500. The number of hydrogen-bond acceptors (Lipinski definition) is 3. The number of H-pyrrole nitrogens is 1. The second-order valence-corrected chi connectivity index (χ2v) is 2.73. The number of amides is 1. The second kappa shape index (κ2) is 4.39. The van der Waals surface area contributed by atoms with Gasteiger partial charge in [-0.05, 0) is 6.92 Å². The molecule has 0 fully saturated rings. The van der Waals surface area contributed by atoms with Crippen molar-refractivity contribution in [1.82, 2.24) is 15.3 Å². The minimum absolute atomic E-state index is 0.0614. The maximum absolute atomic E-state index is 11.0. The smallest absolute Gasteiger partial charge is 0.227 e. The molecule has 0 aliphatic rings. The number of nitrogens with one attached hydrogen (secondary N) is 2. The lowest BCUT2D eigenvalue weighted by atomic mass is 10.3. The molecule has 0 spiro atoms. The Morgan fingerprint density at radius 1 is 1.62 bits per heavy atom. The molecule has 0 saturated carbocycles. The third-order valence-corrected chi connectivity index (χ3v) is 1.44. The monoisotopic (exact) mass is 181 g/mol. The minimum atomic E-state index is -0.262. The molecule has 0 atom stereocenters. The van der Waals surface area contributed by atoms with Crippen molar-refractivity contribution in [3.8, 4) is 0 Å². The first-order valence-corrected chi connectivity index (χ1v) is 3.92. The third-order valence-electron chi connectivity index (χ3n) is 1.44. The number of Topliss-reactive ketones (excluding diaryl/α,β-unsaturated/α-hetero) is 1. The van der Waals surface area contributed by atoms with Crippen molar-refractivity contribution < 1.29 is 9.59 Å². The molecule has 2 N–H and O–H groups in total.